The maximum Gasteiger partial charge on any atom is 0.280 e. The van der Waals surface area contributed by atoms with Gasteiger partial charge in [0.05, 0.1) is 11.8 Å². The van der Waals surface area contributed by atoms with Crippen molar-refractivity contribution in [3.05, 3.63) is 42.1 Å². The van der Waals surface area contributed by atoms with Gasteiger partial charge in [0.2, 0.25) is 0 Å². The van der Waals surface area contributed by atoms with E-state index < -0.39 is 6.43 Å². The predicted molar refractivity (Wildman–Crippen MR) is 104 cm³/mol. The van der Waals surface area contributed by atoms with Gasteiger partial charge in [-0.1, -0.05) is 6.92 Å². The number of rotatable bonds is 5. The van der Waals surface area contributed by atoms with Crippen LogP contribution in [0.15, 0.2) is 30.7 Å². The molecule has 0 bridgehead atoms. The summed E-state index contributed by atoms with van der Waals surface area (Å²) in [6.07, 6.45) is 1.35. The van der Waals surface area contributed by atoms with Crippen molar-refractivity contribution in [2.75, 3.05) is 18.0 Å². The highest BCUT2D eigenvalue weighted by Gasteiger charge is 2.32. The zero-order valence-electron chi connectivity index (χ0n) is 16.7. The molecular weight excluding hydrogens is 378 g/mol. The van der Waals surface area contributed by atoms with Crippen LogP contribution in [0.1, 0.15) is 50.9 Å². The Morgan fingerprint density at radius 3 is 2.83 bits per heavy atom. The van der Waals surface area contributed by atoms with Crippen molar-refractivity contribution in [2.45, 2.75) is 45.6 Å². The predicted octanol–water partition coefficient (Wildman–Crippen LogP) is 3.87. The Balaban J connectivity index is 1.71. The summed E-state index contributed by atoms with van der Waals surface area (Å²) >= 11 is 0. The maximum atomic E-state index is 13.4. The molecule has 4 heterocycles. The van der Waals surface area contributed by atoms with Crippen LogP contribution in [0.2, 0.25) is 0 Å². The number of pyridine rings is 1. The third kappa shape index (κ3) is 3.86. The number of anilines is 1. The van der Waals surface area contributed by atoms with Gasteiger partial charge in [-0.2, -0.15) is 10.1 Å². The molecule has 0 aliphatic carbocycles. The molecule has 0 aromatic carbocycles. The molecule has 1 aliphatic heterocycles. The average Bonchev–Trinajstić information content (AvgIpc) is 3.16. The second kappa shape index (κ2) is 7.88. The van der Waals surface area contributed by atoms with Crippen molar-refractivity contribution in [2.24, 2.45) is 5.92 Å². The summed E-state index contributed by atoms with van der Waals surface area (Å²) in [5, 5.41) is 4.22. The highest BCUT2D eigenvalue weighted by molar-refractivity contribution is 5.53. The fraction of sp³-hybridized carbons (Fsp3) is 0.500. The largest absolute Gasteiger partial charge is 0.487 e. The van der Waals surface area contributed by atoms with E-state index >= 15 is 0 Å². The van der Waals surface area contributed by atoms with Crippen molar-refractivity contribution < 1.29 is 13.5 Å². The minimum absolute atomic E-state index is 0.0256. The van der Waals surface area contributed by atoms with Crippen molar-refractivity contribution in [1.82, 2.24) is 24.6 Å². The van der Waals surface area contributed by atoms with Gasteiger partial charge in [-0.15, -0.1) is 0 Å². The Kier molecular flexibility index (Phi) is 5.29. The molecule has 3 aromatic heterocycles. The first kappa shape index (κ1) is 19.5. The maximum absolute atomic E-state index is 13.4. The lowest BCUT2D eigenvalue weighted by atomic mass is 9.84. The Morgan fingerprint density at radius 1 is 1.24 bits per heavy atom. The topological polar surface area (TPSA) is 68.4 Å². The smallest absolute Gasteiger partial charge is 0.280 e. The molecule has 0 saturated carbocycles. The van der Waals surface area contributed by atoms with Crippen molar-refractivity contribution in [3.63, 3.8) is 0 Å². The first-order valence-electron chi connectivity index (χ1n) is 9.79. The van der Waals surface area contributed by atoms with Crippen LogP contribution in [0.25, 0.3) is 5.78 Å². The van der Waals surface area contributed by atoms with E-state index in [-0.39, 0.29) is 29.4 Å². The molecule has 0 radical (unpaired) electrons. The van der Waals surface area contributed by atoms with E-state index in [1.165, 1.54) is 12.4 Å². The zero-order valence-corrected chi connectivity index (χ0v) is 16.7. The molecule has 2 atom stereocenters. The van der Waals surface area contributed by atoms with E-state index in [1.807, 2.05) is 26.0 Å². The second-order valence-electron chi connectivity index (χ2n) is 7.69. The number of piperidine rings is 1. The second-order valence-corrected chi connectivity index (χ2v) is 7.69. The lowest BCUT2D eigenvalue weighted by Crippen LogP contribution is -2.40. The van der Waals surface area contributed by atoms with Crippen LogP contribution >= 0.6 is 0 Å². The number of halogens is 2. The molecule has 1 saturated heterocycles. The van der Waals surface area contributed by atoms with Gasteiger partial charge < -0.3 is 9.64 Å². The van der Waals surface area contributed by atoms with Crippen LogP contribution in [0.4, 0.5) is 14.6 Å². The van der Waals surface area contributed by atoms with Crippen molar-refractivity contribution in [3.8, 4) is 5.75 Å². The van der Waals surface area contributed by atoms with E-state index in [0.717, 1.165) is 24.5 Å². The summed E-state index contributed by atoms with van der Waals surface area (Å²) in [6, 6.07) is 5.22. The highest BCUT2D eigenvalue weighted by atomic mass is 19.3. The van der Waals surface area contributed by atoms with E-state index in [2.05, 4.69) is 31.9 Å². The molecule has 3 aromatic rings. The Labute approximate surface area is 167 Å². The molecule has 1 aliphatic rings. The van der Waals surface area contributed by atoms with Gasteiger partial charge in [-0.25, -0.2) is 23.3 Å². The van der Waals surface area contributed by atoms with E-state index in [4.69, 9.17) is 4.74 Å². The van der Waals surface area contributed by atoms with Gasteiger partial charge in [-0.05, 0) is 44.4 Å². The fourth-order valence-electron chi connectivity index (χ4n) is 3.84. The summed E-state index contributed by atoms with van der Waals surface area (Å²) in [5.74, 6) is 1.96. The molecule has 0 spiro atoms. The average molecular weight is 402 g/mol. The van der Waals surface area contributed by atoms with Crippen LogP contribution in [0.5, 0.6) is 5.75 Å². The van der Waals surface area contributed by atoms with E-state index in [9.17, 15) is 8.78 Å². The lowest BCUT2D eigenvalue weighted by Gasteiger charge is -2.38. The van der Waals surface area contributed by atoms with Crippen LogP contribution in [0, 0.1) is 5.92 Å². The summed E-state index contributed by atoms with van der Waals surface area (Å²) in [7, 11) is 0. The molecular formula is C20H24F2N6O. The summed E-state index contributed by atoms with van der Waals surface area (Å²) in [4.78, 5) is 14.7. The molecule has 7 nitrogen and oxygen atoms in total. The van der Waals surface area contributed by atoms with E-state index in [0.29, 0.717) is 12.2 Å². The molecule has 0 unspecified atom stereocenters. The first-order valence-corrected chi connectivity index (χ1v) is 9.79. The molecule has 29 heavy (non-hydrogen) atoms. The lowest BCUT2D eigenvalue weighted by molar-refractivity contribution is 0.146. The van der Waals surface area contributed by atoms with Crippen LogP contribution in [-0.2, 0) is 0 Å². The molecule has 0 N–H and O–H groups in total. The van der Waals surface area contributed by atoms with Crippen molar-refractivity contribution in [1.29, 1.82) is 0 Å². The number of hydrogen-bond donors (Lipinski definition) is 0. The Hall–Kier alpha value is -2.84. The molecule has 4 rings (SSSR count). The van der Waals surface area contributed by atoms with Crippen LogP contribution in [-0.4, -0.2) is 43.8 Å². The minimum atomic E-state index is -2.66. The van der Waals surface area contributed by atoms with Gasteiger partial charge in [-0.3, -0.25) is 0 Å². The summed E-state index contributed by atoms with van der Waals surface area (Å²) in [6.45, 7) is 7.52. The molecule has 0 amide bonds. The number of ether oxygens (including phenoxy) is 1. The Morgan fingerprint density at radius 2 is 2.07 bits per heavy atom. The summed E-state index contributed by atoms with van der Waals surface area (Å²) in [5.41, 5.74) is 0.425. The van der Waals surface area contributed by atoms with Gasteiger partial charge in [0.25, 0.3) is 12.2 Å². The normalized spacial score (nSPS) is 20.0. The number of alkyl halides is 2. The zero-order chi connectivity index (χ0) is 20.5. The monoisotopic (exact) mass is 402 g/mol. The SMILES string of the molecule is CC(C)Oc1cccnc1N1CC[C@H](C)[C@@H](c2cc(C(F)F)nc3ncnn23)C1. The summed E-state index contributed by atoms with van der Waals surface area (Å²) < 4.78 is 34.3. The number of aromatic nitrogens is 5. The first-order chi connectivity index (χ1) is 13.9. The number of hydrogen-bond acceptors (Lipinski definition) is 6. The van der Waals surface area contributed by atoms with E-state index in [1.54, 1.807) is 10.7 Å². The number of nitrogens with zero attached hydrogens (tertiary/aromatic N) is 6. The molecule has 9 heteroatoms. The fourth-order valence-corrected chi connectivity index (χ4v) is 3.84. The highest BCUT2D eigenvalue weighted by Crippen LogP contribution is 2.37. The third-order valence-electron chi connectivity index (χ3n) is 5.27. The van der Waals surface area contributed by atoms with Crippen LogP contribution < -0.4 is 9.64 Å². The third-order valence-corrected chi connectivity index (χ3v) is 5.27. The van der Waals surface area contributed by atoms with Gasteiger partial charge in [0, 0.05) is 25.2 Å². The van der Waals surface area contributed by atoms with Crippen molar-refractivity contribution >= 4 is 11.6 Å². The van der Waals surface area contributed by atoms with Gasteiger partial charge >= 0.3 is 0 Å². The quantitative estimate of drug-likeness (QED) is 0.645. The van der Waals surface area contributed by atoms with Gasteiger partial charge in [0.1, 0.15) is 12.0 Å². The molecule has 154 valence electrons. The Bertz CT molecular complexity index is 992. The standard InChI is InChI=1S/C20H24F2N6O/c1-12(2)29-17-5-4-7-23-19(17)27-8-6-13(3)14(10-27)16-9-15(18(21)22)26-20-24-11-25-28(16)20/h4-5,7,9,11-14,18H,6,8,10H2,1-3H3/t13-,14-/m0/s1. The molecule has 1 fully saturated rings. The number of fused-ring (bicyclic) bond motifs is 1. The van der Waals surface area contributed by atoms with Gasteiger partial charge in [0.15, 0.2) is 11.6 Å². The minimum Gasteiger partial charge on any atom is -0.487 e. The van der Waals surface area contributed by atoms with Crippen LogP contribution in [0.3, 0.4) is 0 Å².